The fraction of sp³-hybridized carbons (Fsp3) is 1.00. The van der Waals surface area contributed by atoms with E-state index in [0.29, 0.717) is 0 Å². The van der Waals surface area contributed by atoms with Crippen LogP contribution in [0.1, 0.15) is 19.3 Å². The Kier molecular flexibility index (Phi) is 5.80. The molecule has 0 spiro atoms. The van der Waals surface area contributed by atoms with E-state index in [1.165, 1.54) is 32.4 Å². The minimum atomic E-state index is 0. The molecule has 0 bridgehead atoms. The molecule has 0 unspecified atom stereocenters. The van der Waals surface area contributed by atoms with Crippen molar-refractivity contribution in [2.24, 2.45) is 0 Å². The Bertz CT molecular complexity index is 23.6. The number of hydrogen-bond acceptors (Lipinski definition) is 1. The average molecular weight is 108 g/mol. The van der Waals surface area contributed by atoms with Gasteiger partial charge in [0, 0.05) is 0 Å². The van der Waals surface area contributed by atoms with E-state index < -0.39 is 0 Å². The average Bonchev–Trinajstić information content (AvgIpc) is 1.72. The Balaban J connectivity index is 0.000000360. The predicted octanol–water partition coefficient (Wildman–Crippen LogP) is -2.24. The summed E-state index contributed by atoms with van der Waals surface area (Å²) in [4.78, 5) is 0. The molecule has 1 nitrogen and oxygen atoms in total. The zero-order valence-corrected chi connectivity index (χ0v) is 7.04. The summed E-state index contributed by atoms with van der Waals surface area (Å²) < 4.78 is 0. The minimum absolute atomic E-state index is 0. The molecule has 2 heteroatoms. The Morgan fingerprint density at radius 1 is 0.857 bits per heavy atom. The normalized spacial score (nSPS) is 20.6. The van der Waals surface area contributed by atoms with E-state index in [9.17, 15) is 0 Å². The first-order valence-electron chi connectivity index (χ1n) is 2.71. The van der Waals surface area contributed by atoms with Crippen LogP contribution in [0.4, 0.5) is 0 Å². The van der Waals surface area contributed by atoms with E-state index in [2.05, 4.69) is 5.32 Å². The van der Waals surface area contributed by atoms with Gasteiger partial charge in [-0.25, -0.2) is 0 Å². The van der Waals surface area contributed by atoms with E-state index in [1.54, 1.807) is 0 Å². The van der Waals surface area contributed by atoms with E-state index in [1.807, 2.05) is 0 Å². The SMILES string of the molecule is C1CCNCC1.[Na+]. The molecule has 1 fully saturated rings. The fourth-order valence-electron chi connectivity index (χ4n) is 0.802. The Morgan fingerprint density at radius 2 is 1.43 bits per heavy atom. The Hall–Kier alpha value is 0.960. The van der Waals surface area contributed by atoms with Crippen LogP contribution >= 0.6 is 0 Å². The molecule has 0 aromatic rings. The summed E-state index contributed by atoms with van der Waals surface area (Å²) in [6.07, 6.45) is 4.22. The second kappa shape index (κ2) is 5.10. The smallest absolute Gasteiger partial charge is 0.317 e. The van der Waals surface area contributed by atoms with Crippen LogP contribution < -0.4 is 34.9 Å². The summed E-state index contributed by atoms with van der Waals surface area (Å²) in [5, 5.41) is 3.28. The third kappa shape index (κ3) is 3.53. The molecule has 0 aliphatic carbocycles. The number of hydrogen-bond donors (Lipinski definition) is 1. The molecule has 1 heterocycles. The Labute approximate surface area is 67.2 Å². The van der Waals surface area contributed by atoms with Gasteiger partial charge in [-0.3, -0.25) is 0 Å². The summed E-state index contributed by atoms with van der Waals surface area (Å²) >= 11 is 0. The summed E-state index contributed by atoms with van der Waals surface area (Å²) in [6, 6.07) is 0. The van der Waals surface area contributed by atoms with Crippen LogP contribution in [0, 0.1) is 0 Å². The van der Waals surface area contributed by atoms with Crippen molar-refractivity contribution < 1.29 is 29.6 Å². The van der Waals surface area contributed by atoms with Gasteiger partial charge in [-0.05, 0) is 25.9 Å². The topological polar surface area (TPSA) is 12.0 Å². The van der Waals surface area contributed by atoms with Crippen molar-refractivity contribution >= 4 is 0 Å². The summed E-state index contributed by atoms with van der Waals surface area (Å²) in [5.41, 5.74) is 0. The van der Waals surface area contributed by atoms with Crippen molar-refractivity contribution in [3.8, 4) is 0 Å². The van der Waals surface area contributed by atoms with Crippen molar-refractivity contribution in [1.82, 2.24) is 5.32 Å². The largest absolute Gasteiger partial charge is 1.00 e. The molecular weight excluding hydrogens is 97.1 g/mol. The summed E-state index contributed by atoms with van der Waals surface area (Å²) in [6.45, 7) is 2.50. The van der Waals surface area contributed by atoms with Crippen LogP contribution in [0.2, 0.25) is 0 Å². The molecule has 1 saturated heterocycles. The third-order valence-electron chi connectivity index (χ3n) is 1.21. The molecule has 1 aliphatic heterocycles. The molecule has 1 rings (SSSR count). The summed E-state index contributed by atoms with van der Waals surface area (Å²) in [5.74, 6) is 0. The predicted molar refractivity (Wildman–Crippen MR) is 26.7 cm³/mol. The second-order valence-corrected chi connectivity index (χ2v) is 1.81. The molecular formula is C5H11NNa+. The molecule has 0 radical (unpaired) electrons. The molecule has 0 amide bonds. The van der Waals surface area contributed by atoms with Crippen molar-refractivity contribution in [3.63, 3.8) is 0 Å². The van der Waals surface area contributed by atoms with Crippen molar-refractivity contribution in [1.29, 1.82) is 0 Å². The van der Waals surface area contributed by atoms with Gasteiger partial charge in [0.2, 0.25) is 0 Å². The van der Waals surface area contributed by atoms with Gasteiger partial charge < -0.3 is 5.32 Å². The van der Waals surface area contributed by atoms with Gasteiger partial charge in [-0.1, -0.05) is 6.42 Å². The molecule has 0 saturated carbocycles. The van der Waals surface area contributed by atoms with Crippen molar-refractivity contribution in [3.05, 3.63) is 0 Å². The van der Waals surface area contributed by atoms with Crippen LogP contribution in [-0.2, 0) is 0 Å². The van der Waals surface area contributed by atoms with Crippen LogP contribution in [0.3, 0.4) is 0 Å². The zero-order valence-electron chi connectivity index (χ0n) is 5.04. The summed E-state index contributed by atoms with van der Waals surface area (Å²) in [7, 11) is 0. The molecule has 36 valence electrons. The third-order valence-corrected chi connectivity index (χ3v) is 1.21. The van der Waals surface area contributed by atoms with E-state index in [-0.39, 0.29) is 29.6 Å². The van der Waals surface area contributed by atoms with E-state index in [0.717, 1.165) is 0 Å². The van der Waals surface area contributed by atoms with Gasteiger partial charge in [0.05, 0.1) is 0 Å². The van der Waals surface area contributed by atoms with Gasteiger partial charge in [0.1, 0.15) is 0 Å². The standard InChI is InChI=1S/C5H11N.Na/c1-2-4-6-5-3-1;/h6H,1-5H2;/q;+1. The monoisotopic (exact) mass is 108 g/mol. The number of piperidine rings is 1. The Morgan fingerprint density at radius 3 is 1.57 bits per heavy atom. The minimum Gasteiger partial charge on any atom is -0.317 e. The quantitative estimate of drug-likeness (QED) is 0.346. The number of nitrogens with one attached hydrogen (secondary N) is 1. The van der Waals surface area contributed by atoms with Crippen molar-refractivity contribution in [2.45, 2.75) is 19.3 Å². The van der Waals surface area contributed by atoms with Crippen LogP contribution in [0.25, 0.3) is 0 Å². The number of rotatable bonds is 0. The maximum absolute atomic E-state index is 3.28. The van der Waals surface area contributed by atoms with E-state index in [4.69, 9.17) is 0 Å². The molecule has 0 aromatic carbocycles. The van der Waals surface area contributed by atoms with Gasteiger partial charge in [-0.15, -0.1) is 0 Å². The molecule has 0 atom stereocenters. The first-order chi connectivity index (χ1) is 3.00. The molecule has 1 aliphatic rings. The molecule has 0 aromatic heterocycles. The van der Waals surface area contributed by atoms with Gasteiger partial charge >= 0.3 is 29.6 Å². The maximum Gasteiger partial charge on any atom is 1.00 e. The molecule has 1 N–H and O–H groups in total. The van der Waals surface area contributed by atoms with Gasteiger partial charge in [0.25, 0.3) is 0 Å². The first kappa shape index (κ1) is 7.96. The fourth-order valence-corrected chi connectivity index (χ4v) is 0.802. The second-order valence-electron chi connectivity index (χ2n) is 1.81. The van der Waals surface area contributed by atoms with E-state index >= 15 is 0 Å². The first-order valence-corrected chi connectivity index (χ1v) is 2.71. The maximum atomic E-state index is 3.28. The van der Waals surface area contributed by atoms with Crippen LogP contribution in [0.15, 0.2) is 0 Å². The van der Waals surface area contributed by atoms with Gasteiger partial charge in [0.15, 0.2) is 0 Å². The van der Waals surface area contributed by atoms with Gasteiger partial charge in [-0.2, -0.15) is 0 Å². The van der Waals surface area contributed by atoms with Crippen LogP contribution in [-0.4, -0.2) is 13.1 Å². The zero-order chi connectivity index (χ0) is 4.24. The van der Waals surface area contributed by atoms with Crippen LogP contribution in [0.5, 0.6) is 0 Å². The molecule has 7 heavy (non-hydrogen) atoms. The van der Waals surface area contributed by atoms with Crippen molar-refractivity contribution in [2.75, 3.05) is 13.1 Å².